The number of aliphatic hydroxyl groups is 1. The van der Waals surface area contributed by atoms with Crippen LogP contribution < -0.4 is 4.90 Å². The average Bonchev–Trinajstić information content (AvgIpc) is 2.60. The van der Waals surface area contributed by atoms with Crippen LogP contribution >= 0.6 is 0 Å². The molecule has 1 amide bonds. The molecule has 6 heteroatoms. The van der Waals surface area contributed by atoms with Crippen molar-refractivity contribution in [3.8, 4) is 6.07 Å². The van der Waals surface area contributed by atoms with Gasteiger partial charge in [0.05, 0.1) is 28.8 Å². The molecule has 1 fully saturated rings. The highest BCUT2D eigenvalue weighted by Gasteiger charge is 2.37. The summed E-state index contributed by atoms with van der Waals surface area (Å²) in [6.07, 6.45) is 3.01. The van der Waals surface area contributed by atoms with Crippen LogP contribution in [0.1, 0.15) is 30.4 Å². The summed E-state index contributed by atoms with van der Waals surface area (Å²) in [6.45, 7) is 3.07. The fraction of sp³-hybridized carbons (Fsp3) is 0.450. The fourth-order valence-corrected chi connectivity index (χ4v) is 3.60. The van der Waals surface area contributed by atoms with Crippen molar-refractivity contribution in [1.82, 2.24) is 9.88 Å². The highest BCUT2D eigenvalue weighted by Crippen LogP contribution is 2.35. The first-order valence-corrected chi connectivity index (χ1v) is 8.80. The van der Waals surface area contributed by atoms with Crippen molar-refractivity contribution in [3.63, 3.8) is 0 Å². The third-order valence-corrected chi connectivity index (χ3v) is 4.97. The molecule has 0 bridgehead atoms. The number of anilines is 1. The third-order valence-electron chi connectivity index (χ3n) is 4.97. The number of carbonyl (C=O) groups is 1. The number of amides is 1. The van der Waals surface area contributed by atoms with Gasteiger partial charge >= 0.3 is 0 Å². The first kappa shape index (κ1) is 18.2. The molecule has 1 aliphatic heterocycles. The van der Waals surface area contributed by atoms with Crippen LogP contribution in [0.4, 0.5) is 5.69 Å². The number of hydrogen-bond donors (Lipinski definition) is 1. The molecule has 1 aliphatic rings. The highest BCUT2D eigenvalue weighted by atomic mass is 16.3. The normalized spacial score (nSPS) is 20.0. The van der Waals surface area contributed by atoms with Crippen molar-refractivity contribution in [3.05, 3.63) is 35.5 Å². The Bertz CT molecular complexity index is 887. The van der Waals surface area contributed by atoms with Crippen LogP contribution in [0.5, 0.6) is 0 Å². The largest absolute Gasteiger partial charge is 0.388 e. The van der Waals surface area contributed by atoms with E-state index in [4.69, 9.17) is 0 Å². The van der Waals surface area contributed by atoms with E-state index in [1.807, 2.05) is 30.0 Å². The molecule has 2 aromatic rings. The van der Waals surface area contributed by atoms with Gasteiger partial charge in [-0.3, -0.25) is 9.78 Å². The van der Waals surface area contributed by atoms with Gasteiger partial charge in [0.25, 0.3) is 0 Å². The molecular formula is C20H24N4O2. The molecular weight excluding hydrogens is 328 g/mol. The van der Waals surface area contributed by atoms with Crippen LogP contribution in [0.15, 0.2) is 24.4 Å². The lowest BCUT2D eigenvalue weighted by molar-refractivity contribution is -0.134. The zero-order valence-corrected chi connectivity index (χ0v) is 15.5. The molecule has 0 spiro atoms. The maximum absolute atomic E-state index is 12.1. The van der Waals surface area contributed by atoms with E-state index in [1.54, 1.807) is 20.3 Å². The van der Waals surface area contributed by atoms with Gasteiger partial charge in [-0.05, 0) is 31.9 Å². The lowest BCUT2D eigenvalue weighted by Gasteiger charge is -2.41. The number of nitrogens with zero attached hydrogens (tertiary/aromatic N) is 4. The van der Waals surface area contributed by atoms with Crippen LogP contribution in [0.3, 0.4) is 0 Å². The summed E-state index contributed by atoms with van der Waals surface area (Å²) < 4.78 is 0. The topological polar surface area (TPSA) is 80.5 Å². The maximum Gasteiger partial charge on any atom is 0.225 e. The average molecular weight is 352 g/mol. The molecule has 1 aromatic heterocycles. The van der Waals surface area contributed by atoms with Gasteiger partial charge in [0.15, 0.2) is 0 Å². The van der Waals surface area contributed by atoms with E-state index in [-0.39, 0.29) is 12.3 Å². The van der Waals surface area contributed by atoms with E-state index in [2.05, 4.69) is 11.1 Å². The third kappa shape index (κ3) is 3.49. The number of hydrogen-bond acceptors (Lipinski definition) is 5. The van der Waals surface area contributed by atoms with Crippen molar-refractivity contribution in [2.75, 3.05) is 32.1 Å². The van der Waals surface area contributed by atoms with E-state index in [1.165, 1.54) is 4.90 Å². The van der Waals surface area contributed by atoms with Crippen molar-refractivity contribution >= 4 is 22.5 Å². The molecule has 1 atom stereocenters. The molecule has 26 heavy (non-hydrogen) atoms. The van der Waals surface area contributed by atoms with Gasteiger partial charge in [0.1, 0.15) is 6.07 Å². The molecule has 1 unspecified atom stereocenters. The van der Waals surface area contributed by atoms with Crippen molar-refractivity contribution < 1.29 is 9.90 Å². The SMILES string of the molecule is Cc1ccc2ncc(C#N)c(N3CCCC(O)(CC(=O)N(C)C)C3)c2c1. The summed E-state index contributed by atoms with van der Waals surface area (Å²) in [4.78, 5) is 20.0. The number of aryl methyl sites for hydroxylation is 1. The predicted octanol–water partition coefficient (Wildman–Crippen LogP) is 2.22. The van der Waals surface area contributed by atoms with Crippen LogP contribution in [0.2, 0.25) is 0 Å². The van der Waals surface area contributed by atoms with Gasteiger partial charge < -0.3 is 14.9 Å². The smallest absolute Gasteiger partial charge is 0.225 e. The number of piperidine rings is 1. The van der Waals surface area contributed by atoms with Gasteiger partial charge in [-0.1, -0.05) is 11.6 Å². The van der Waals surface area contributed by atoms with Crippen molar-refractivity contribution in [2.45, 2.75) is 31.8 Å². The number of β-amino-alcohol motifs (C(OH)–C–C–N with tert-alkyl or cyclic N) is 1. The minimum Gasteiger partial charge on any atom is -0.388 e. The van der Waals surface area contributed by atoms with Gasteiger partial charge in [-0.2, -0.15) is 5.26 Å². The minimum absolute atomic E-state index is 0.0838. The standard InChI is InChI=1S/C20H24N4O2/c1-14-5-6-17-16(9-14)19(15(11-21)12-22-17)24-8-4-7-20(26,13-24)10-18(25)23(2)3/h5-6,9,12,26H,4,7-8,10,13H2,1-3H3. The molecule has 0 aliphatic carbocycles. The van der Waals surface area contributed by atoms with Gasteiger partial charge in [-0.15, -0.1) is 0 Å². The number of pyridine rings is 1. The molecule has 3 rings (SSSR count). The summed E-state index contributed by atoms with van der Waals surface area (Å²) in [5.74, 6) is -0.0923. The zero-order valence-electron chi connectivity index (χ0n) is 15.5. The number of fused-ring (bicyclic) bond motifs is 1. The molecule has 1 saturated heterocycles. The van der Waals surface area contributed by atoms with E-state index in [0.29, 0.717) is 18.5 Å². The number of aromatic nitrogens is 1. The zero-order chi connectivity index (χ0) is 18.9. The summed E-state index contributed by atoms with van der Waals surface area (Å²) in [7, 11) is 3.39. The van der Waals surface area contributed by atoms with Crippen LogP contribution in [-0.2, 0) is 4.79 Å². The van der Waals surface area contributed by atoms with Crippen LogP contribution in [0.25, 0.3) is 10.9 Å². The highest BCUT2D eigenvalue weighted by molar-refractivity contribution is 5.95. The molecule has 0 radical (unpaired) electrons. The molecule has 1 aromatic carbocycles. The minimum atomic E-state index is -1.09. The first-order chi connectivity index (χ1) is 12.3. The van der Waals surface area contributed by atoms with Gasteiger partial charge in [0, 0.05) is 38.8 Å². The molecule has 2 heterocycles. The van der Waals surface area contributed by atoms with Gasteiger partial charge in [0.2, 0.25) is 5.91 Å². The lowest BCUT2D eigenvalue weighted by atomic mass is 9.88. The summed E-state index contributed by atoms with van der Waals surface area (Å²) >= 11 is 0. The number of benzene rings is 1. The number of rotatable bonds is 3. The fourth-order valence-electron chi connectivity index (χ4n) is 3.60. The second kappa shape index (κ2) is 6.93. The Morgan fingerprint density at radius 2 is 2.23 bits per heavy atom. The molecule has 6 nitrogen and oxygen atoms in total. The van der Waals surface area contributed by atoms with E-state index in [9.17, 15) is 15.2 Å². The Balaban J connectivity index is 2.02. The van der Waals surface area contributed by atoms with Crippen molar-refractivity contribution in [1.29, 1.82) is 5.26 Å². The second-order valence-electron chi connectivity index (χ2n) is 7.37. The van der Waals surface area contributed by atoms with Crippen molar-refractivity contribution in [2.24, 2.45) is 0 Å². The number of nitriles is 1. The quantitative estimate of drug-likeness (QED) is 0.916. The van der Waals surface area contributed by atoms with E-state index < -0.39 is 5.60 Å². The predicted molar refractivity (Wildman–Crippen MR) is 101 cm³/mol. The van der Waals surface area contributed by atoms with Crippen LogP contribution in [0, 0.1) is 18.3 Å². The summed E-state index contributed by atoms with van der Waals surface area (Å²) in [5, 5.41) is 21.5. The monoisotopic (exact) mass is 352 g/mol. The lowest BCUT2D eigenvalue weighted by Crippen LogP contribution is -2.50. The maximum atomic E-state index is 12.1. The number of carbonyl (C=O) groups excluding carboxylic acids is 1. The molecule has 0 saturated carbocycles. The van der Waals surface area contributed by atoms with E-state index in [0.717, 1.165) is 35.1 Å². The second-order valence-corrected chi connectivity index (χ2v) is 7.37. The molecule has 1 N–H and O–H groups in total. The van der Waals surface area contributed by atoms with E-state index >= 15 is 0 Å². The Morgan fingerprint density at radius 3 is 2.92 bits per heavy atom. The molecule has 136 valence electrons. The Morgan fingerprint density at radius 1 is 1.46 bits per heavy atom. The van der Waals surface area contributed by atoms with Crippen LogP contribution in [-0.4, -0.2) is 53.7 Å². The Hall–Kier alpha value is -2.65. The Kier molecular flexibility index (Phi) is 4.84. The summed E-state index contributed by atoms with van der Waals surface area (Å²) in [5.41, 5.74) is 2.11. The Labute approximate surface area is 153 Å². The summed E-state index contributed by atoms with van der Waals surface area (Å²) in [6, 6.07) is 8.19. The van der Waals surface area contributed by atoms with Gasteiger partial charge in [-0.25, -0.2) is 0 Å². The first-order valence-electron chi connectivity index (χ1n) is 8.80.